The normalized spacial score (nSPS) is 12.4. The lowest BCUT2D eigenvalue weighted by Gasteiger charge is -2.15. The van der Waals surface area contributed by atoms with Crippen molar-refractivity contribution in [3.05, 3.63) is 0 Å². The number of hydrogen-bond donors (Lipinski definition) is 0. The first-order chi connectivity index (χ1) is 7.74. The van der Waals surface area contributed by atoms with Gasteiger partial charge in [0.1, 0.15) is 6.10 Å². The molecule has 0 saturated heterocycles. The van der Waals surface area contributed by atoms with E-state index in [0.29, 0.717) is 6.42 Å². The van der Waals surface area contributed by atoms with Gasteiger partial charge in [0.05, 0.1) is 0 Å². The van der Waals surface area contributed by atoms with E-state index in [4.69, 9.17) is 4.74 Å². The van der Waals surface area contributed by atoms with E-state index >= 15 is 0 Å². The third kappa shape index (κ3) is 8.75. The molecule has 0 amide bonds. The van der Waals surface area contributed by atoms with Gasteiger partial charge < -0.3 is 4.74 Å². The molecule has 0 aliphatic carbocycles. The van der Waals surface area contributed by atoms with Crippen molar-refractivity contribution in [1.29, 1.82) is 0 Å². The summed E-state index contributed by atoms with van der Waals surface area (Å²) in [7, 11) is 0. The topological polar surface area (TPSA) is 26.3 Å². The van der Waals surface area contributed by atoms with Gasteiger partial charge in [-0.2, -0.15) is 0 Å². The fraction of sp³-hybridized carbons (Fsp3) is 0.929. The van der Waals surface area contributed by atoms with Crippen LogP contribution in [0.1, 0.15) is 78.6 Å². The minimum absolute atomic E-state index is 0.000874. The van der Waals surface area contributed by atoms with Crippen molar-refractivity contribution in [2.75, 3.05) is 0 Å². The van der Waals surface area contributed by atoms with Gasteiger partial charge in [-0.05, 0) is 19.3 Å². The van der Waals surface area contributed by atoms with E-state index < -0.39 is 0 Å². The van der Waals surface area contributed by atoms with Gasteiger partial charge in [0.25, 0.3) is 0 Å². The molecule has 0 rings (SSSR count). The highest BCUT2D eigenvalue weighted by atomic mass is 16.5. The summed E-state index contributed by atoms with van der Waals surface area (Å²) in [5, 5.41) is 0. The van der Waals surface area contributed by atoms with Crippen LogP contribution in [0.4, 0.5) is 0 Å². The fourth-order valence-corrected chi connectivity index (χ4v) is 1.72. The summed E-state index contributed by atoms with van der Waals surface area (Å²) >= 11 is 0. The molecule has 96 valence electrons. The Bertz CT molecular complexity index is 166. The molecule has 0 heterocycles. The second-order valence-electron chi connectivity index (χ2n) is 4.47. The van der Waals surface area contributed by atoms with Gasteiger partial charge in [-0.25, -0.2) is 0 Å². The SMILES string of the molecule is CCCCCCC(=O)OC(CC)CCCC. The Hall–Kier alpha value is -0.530. The summed E-state index contributed by atoms with van der Waals surface area (Å²) in [5.41, 5.74) is 0. The third-order valence-electron chi connectivity index (χ3n) is 2.87. The first-order valence-corrected chi connectivity index (χ1v) is 6.94. The maximum atomic E-state index is 11.5. The Morgan fingerprint density at radius 3 is 2.25 bits per heavy atom. The zero-order valence-electron chi connectivity index (χ0n) is 11.3. The van der Waals surface area contributed by atoms with E-state index in [1.165, 1.54) is 19.3 Å². The standard InChI is InChI=1S/C14H28O2/c1-4-7-9-10-12-14(15)16-13(6-3)11-8-5-2/h13H,4-12H2,1-3H3. The van der Waals surface area contributed by atoms with Gasteiger partial charge in [0, 0.05) is 6.42 Å². The first kappa shape index (κ1) is 15.5. The lowest BCUT2D eigenvalue weighted by Crippen LogP contribution is -2.17. The molecule has 0 saturated carbocycles. The van der Waals surface area contributed by atoms with Crippen molar-refractivity contribution < 1.29 is 9.53 Å². The molecule has 0 bridgehead atoms. The van der Waals surface area contributed by atoms with Gasteiger partial charge >= 0.3 is 5.97 Å². The monoisotopic (exact) mass is 228 g/mol. The van der Waals surface area contributed by atoms with E-state index in [-0.39, 0.29) is 12.1 Å². The third-order valence-corrected chi connectivity index (χ3v) is 2.87. The van der Waals surface area contributed by atoms with E-state index in [2.05, 4.69) is 20.8 Å². The molecule has 1 unspecified atom stereocenters. The lowest BCUT2D eigenvalue weighted by atomic mass is 10.1. The molecule has 2 nitrogen and oxygen atoms in total. The largest absolute Gasteiger partial charge is 0.462 e. The number of rotatable bonds is 10. The summed E-state index contributed by atoms with van der Waals surface area (Å²) in [6.07, 6.45) is 9.61. The molecule has 2 heteroatoms. The predicted molar refractivity (Wildman–Crippen MR) is 68.5 cm³/mol. The van der Waals surface area contributed by atoms with Crippen molar-refractivity contribution in [2.24, 2.45) is 0 Å². The van der Waals surface area contributed by atoms with E-state index in [9.17, 15) is 4.79 Å². The van der Waals surface area contributed by atoms with Crippen LogP contribution >= 0.6 is 0 Å². The van der Waals surface area contributed by atoms with E-state index in [1.807, 2.05) is 0 Å². The zero-order chi connectivity index (χ0) is 12.2. The summed E-state index contributed by atoms with van der Waals surface area (Å²) in [4.78, 5) is 11.5. The summed E-state index contributed by atoms with van der Waals surface area (Å²) in [6, 6.07) is 0. The summed E-state index contributed by atoms with van der Waals surface area (Å²) in [5.74, 6) is -0.000874. The van der Waals surface area contributed by atoms with Crippen LogP contribution < -0.4 is 0 Å². The molecule has 0 aliphatic rings. The summed E-state index contributed by atoms with van der Waals surface area (Å²) in [6.45, 7) is 6.43. The second kappa shape index (κ2) is 11.0. The van der Waals surface area contributed by atoms with Crippen LogP contribution in [-0.2, 0) is 9.53 Å². The van der Waals surface area contributed by atoms with E-state index in [0.717, 1.165) is 32.1 Å². The van der Waals surface area contributed by atoms with Crippen molar-refractivity contribution in [3.63, 3.8) is 0 Å². The van der Waals surface area contributed by atoms with Gasteiger partial charge in [0.2, 0.25) is 0 Å². The molecule has 0 aromatic rings. The van der Waals surface area contributed by atoms with Crippen LogP contribution in [-0.4, -0.2) is 12.1 Å². The van der Waals surface area contributed by atoms with Crippen LogP contribution in [0.3, 0.4) is 0 Å². The van der Waals surface area contributed by atoms with Gasteiger partial charge in [-0.1, -0.05) is 52.9 Å². The number of carbonyl (C=O) groups excluding carboxylic acids is 1. The Morgan fingerprint density at radius 1 is 1.00 bits per heavy atom. The lowest BCUT2D eigenvalue weighted by molar-refractivity contribution is -0.149. The smallest absolute Gasteiger partial charge is 0.306 e. The highest BCUT2D eigenvalue weighted by molar-refractivity contribution is 5.69. The van der Waals surface area contributed by atoms with Gasteiger partial charge in [-0.15, -0.1) is 0 Å². The number of esters is 1. The average Bonchev–Trinajstić information content (AvgIpc) is 2.30. The Morgan fingerprint density at radius 2 is 1.69 bits per heavy atom. The van der Waals surface area contributed by atoms with Crippen molar-refractivity contribution in [3.8, 4) is 0 Å². The molecule has 0 spiro atoms. The fourth-order valence-electron chi connectivity index (χ4n) is 1.72. The molecule has 0 radical (unpaired) electrons. The second-order valence-corrected chi connectivity index (χ2v) is 4.47. The quantitative estimate of drug-likeness (QED) is 0.407. The highest BCUT2D eigenvalue weighted by Gasteiger charge is 2.11. The maximum absolute atomic E-state index is 11.5. The van der Waals surface area contributed by atoms with Crippen LogP contribution in [0.2, 0.25) is 0 Å². The number of carbonyl (C=O) groups is 1. The summed E-state index contributed by atoms with van der Waals surface area (Å²) < 4.78 is 5.44. The first-order valence-electron chi connectivity index (χ1n) is 6.94. The van der Waals surface area contributed by atoms with Gasteiger partial charge in [0.15, 0.2) is 0 Å². The Balaban J connectivity index is 3.57. The molecule has 0 N–H and O–H groups in total. The maximum Gasteiger partial charge on any atom is 0.306 e. The molecule has 0 aromatic carbocycles. The molecule has 0 aromatic heterocycles. The van der Waals surface area contributed by atoms with Crippen LogP contribution in [0, 0.1) is 0 Å². The van der Waals surface area contributed by atoms with Crippen molar-refractivity contribution in [1.82, 2.24) is 0 Å². The molecule has 1 atom stereocenters. The zero-order valence-corrected chi connectivity index (χ0v) is 11.3. The Kier molecular flexibility index (Phi) is 10.6. The molecule has 16 heavy (non-hydrogen) atoms. The highest BCUT2D eigenvalue weighted by Crippen LogP contribution is 2.11. The van der Waals surface area contributed by atoms with E-state index in [1.54, 1.807) is 0 Å². The number of unbranched alkanes of at least 4 members (excludes halogenated alkanes) is 4. The minimum atomic E-state index is -0.000874. The average molecular weight is 228 g/mol. The predicted octanol–water partition coefficient (Wildman–Crippen LogP) is 4.47. The van der Waals surface area contributed by atoms with Crippen molar-refractivity contribution in [2.45, 2.75) is 84.7 Å². The van der Waals surface area contributed by atoms with Crippen LogP contribution in [0.15, 0.2) is 0 Å². The molecule has 0 fully saturated rings. The molecular formula is C14H28O2. The Labute approximate surface area is 101 Å². The van der Waals surface area contributed by atoms with Crippen molar-refractivity contribution >= 4 is 5.97 Å². The van der Waals surface area contributed by atoms with Crippen LogP contribution in [0.25, 0.3) is 0 Å². The number of ether oxygens (including phenoxy) is 1. The number of hydrogen-bond acceptors (Lipinski definition) is 2. The minimum Gasteiger partial charge on any atom is -0.462 e. The molecular weight excluding hydrogens is 200 g/mol. The van der Waals surface area contributed by atoms with Gasteiger partial charge in [-0.3, -0.25) is 4.79 Å². The van der Waals surface area contributed by atoms with Crippen LogP contribution in [0.5, 0.6) is 0 Å². The molecule has 0 aliphatic heterocycles.